The van der Waals surface area contributed by atoms with E-state index in [0.717, 1.165) is 30.9 Å². The summed E-state index contributed by atoms with van der Waals surface area (Å²) in [7, 11) is 1.35. The van der Waals surface area contributed by atoms with Gasteiger partial charge in [0.05, 0.1) is 24.9 Å². The number of fused-ring (bicyclic) bond motifs is 1. The number of benzene rings is 1. The van der Waals surface area contributed by atoms with Gasteiger partial charge in [0, 0.05) is 24.1 Å². The lowest BCUT2D eigenvalue weighted by molar-refractivity contribution is -0.910. The van der Waals surface area contributed by atoms with Crippen molar-refractivity contribution in [1.29, 1.82) is 0 Å². The van der Waals surface area contributed by atoms with Gasteiger partial charge in [0.1, 0.15) is 25.8 Å². The summed E-state index contributed by atoms with van der Waals surface area (Å²) in [5.74, 6) is 1.16. The minimum absolute atomic E-state index is 0.0141. The monoisotopic (exact) mass is 399 g/mol. The predicted molar refractivity (Wildman–Crippen MR) is 106 cm³/mol. The number of ether oxygens (including phenoxy) is 3. The first-order valence-electron chi connectivity index (χ1n) is 10.0. The molecule has 7 nitrogen and oxygen atoms in total. The summed E-state index contributed by atoms with van der Waals surface area (Å²) in [4.78, 5) is 29.4. The molecule has 154 valence electrons. The largest absolute Gasteiger partial charge is 0.486 e. The molecule has 1 aromatic heterocycles. The number of hydrogen-bond acceptors (Lipinski definition) is 5. The number of carbonyl (C=O) groups is 2. The van der Waals surface area contributed by atoms with Crippen molar-refractivity contribution in [2.24, 2.45) is 0 Å². The van der Waals surface area contributed by atoms with E-state index >= 15 is 0 Å². The van der Waals surface area contributed by atoms with Crippen molar-refractivity contribution in [3.8, 4) is 11.5 Å². The molecule has 2 N–H and O–H groups in total. The highest BCUT2D eigenvalue weighted by molar-refractivity contribution is 6.01. The number of methoxy groups -OCH3 is 1. The Bertz CT molecular complexity index is 949. The Balaban J connectivity index is 1.53. The van der Waals surface area contributed by atoms with Crippen molar-refractivity contribution < 1.29 is 28.7 Å². The summed E-state index contributed by atoms with van der Waals surface area (Å²) in [6.07, 6.45) is 2.09. The zero-order valence-electron chi connectivity index (χ0n) is 17.1. The second-order valence-corrected chi connectivity index (χ2v) is 7.72. The van der Waals surface area contributed by atoms with E-state index < -0.39 is 5.97 Å². The number of hydrogen-bond donors (Lipinski definition) is 2. The second kappa shape index (κ2) is 7.91. The molecule has 1 aromatic carbocycles. The maximum atomic E-state index is 13.1. The highest BCUT2D eigenvalue weighted by atomic mass is 16.6. The zero-order valence-corrected chi connectivity index (χ0v) is 17.1. The summed E-state index contributed by atoms with van der Waals surface area (Å²) in [5.41, 5.74) is 3.45. The molecule has 1 unspecified atom stereocenters. The SMILES string of the molecule is COC(=O)c1c(C)[nH]c(C(=O)C[NH+]2CCC[C@H]2c2ccc3c(c2)OCCO3)c1C. The van der Waals surface area contributed by atoms with Gasteiger partial charge in [-0.15, -0.1) is 0 Å². The number of aromatic nitrogens is 1. The smallest absolute Gasteiger partial charge is 0.339 e. The number of esters is 1. The van der Waals surface area contributed by atoms with Crippen molar-refractivity contribution in [2.75, 3.05) is 33.4 Å². The van der Waals surface area contributed by atoms with E-state index in [1.54, 1.807) is 13.8 Å². The summed E-state index contributed by atoms with van der Waals surface area (Å²) >= 11 is 0. The molecule has 2 aromatic rings. The fraction of sp³-hybridized carbons (Fsp3) is 0.455. The lowest BCUT2D eigenvalue weighted by Gasteiger charge is -2.24. The number of ketones is 1. The fourth-order valence-electron chi connectivity index (χ4n) is 4.53. The van der Waals surface area contributed by atoms with Gasteiger partial charge in [-0.3, -0.25) is 4.79 Å². The minimum Gasteiger partial charge on any atom is -0.486 e. The molecule has 2 aliphatic heterocycles. The van der Waals surface area contributed by atoms with E-state index in [0.29, 0.717) is 42.3 Å². The molecule has 0 aliphatic carbocycles. The van der Waals surface area contributed by atoms with E-state index in [4.69, 9.17) is 14.2 Å². The summed E-state index contributed by atoms with van der Waals surface area (Å²) < 4.78 is 16.2. The van der Waals surface area contributed by atoms with E-state index in [1.165, 1.54) is 17.6 Å². The molecule has 7 heteroatoms. The van der Waals surface area contributed by atoms with Crippen LogP contribution in [0.1, 0.15) is 56.6 Å². The van der Waals surface area contributed by atoms with Crippen LogP contribution in [0.4, 0.5) is 0 Å². The second-order valence-electron chi connectivity index (χ2n) is 7.72. The maximum absolute atomic E-state index is 13.1. The average Bonchev–Trinajstić information content (AvgIpc) is 3.30. The van der Waals surface area contributed by atoms with Crippen LogP contribution in [-0.4, -0.2) is 50.1 Å². The van der Waals surface area contributed by atoms with Crippen LogP contribution in [-0.2, 0) is 4.74 Å². The van der Waals surface area contributed by atoms with Gasteiger partial charge < -0.3 is 24.1 Å². The predicted octanol–water partition coefficient (Wildman–Crippen LogP) is 1.79. The maximum Gasteiger partial charge on any atom is 0.339 e. The van der Waals surface area contributed by atoms with Crippen LogP contribution in [0.15, 0.2) is 18.2 Å². The first-order valence-corrected chi connectivity index (χ1v) is 10.0. The third-order valence-corrected chi connectivity index (χ3v) is 5.95. The van der Waals surface area contributed by atoms with Crippen molar-refractivity contribution in [1.82, 2.24) is 4.98 Å². The molecule has 2 aliphatic rings. The molecular weight excluding hydrogens is 372 g/mol. The highest BCUT2D eigenvalue weighted by Gasteiger charge is 2.34. The highest BCUT2D eigenvalue weighted by Crippen LogP contribution is 2.33. The Kier molecular flexibility index (Phi) is 5.32. The van der Waals surface area contributed by atoms with Crippen molar-refractivity contribution in [2.45, 2.75) is 32.7 Å². The van der Waals surface area contributed by atoms with Crippen LogP contribution in [0.2, 0.25) is 0 Å². The number of Topliss-reactive ketones (excluding diaryl/α,β-unsaturated/α-hetero) is 1. The van der Waals surface area contributed by atoms with Gasteiger partial charge in [-0.05, 0) is 37.6 Å². The lowest BCUT2D eigenvalue weighted by Crippen LogP contribution is -3.11. The van der Waals surface area contributed by atoms with Gasteiger partial charge in [-0.1, -0.05) is 0 Å². The number of H-pyrrole nitrogens is 1. The molecule has 2 atom stereocenters. The first kappa shape index (κ1) is 19.5. The van der Waals surface area contributed by atoms with Crippen LogP contribution in [0.5, 0.6) is 11.5 Å². The van der Waals surface area contributed by atoms with Gasteiger partial charge in [-0.2, -0.15) is 0 Å². The lowest BCUT2D eigenvalue weighted by atomic mass is 10.0. The van der Waals surface area contributed by atoms with Crippen LogP contribution < -0.4 is 14.4 Å². The molecule has 0 bridgehead atoms. The third kappa shape index (κ3) is 3.62. The molecule has 0 saturated carbocycles. The minimum atomic E-state index is -0.419. The normalized spacial score (nSPS) is 20.5. The molecule has 3 heterocycles. The number of aromatic amines is 1. The van der Waals surface area contributed by atoms with Gasteiger partial charge in [0.25, 0.3) is 0 Å². The number of nitrogens with one attached hydrogen (secondary N) is 2. The molecule has 0 radical (unpaired) electrons. The number of rotatable bonds is 5. The summed E-state index contributed by atoms with van der Waals surface area (Å²) in [6.45, 7) is 6.03. The van der Waals surface area contributed by atoms with E-state index in [-0.39, 0.29) is 11.8 Å². The summed E-state index contributed by atoms with van der Waals surface area (Å²) in [5, 5.41) is 0. The Morgan fingerprint density at radius 1 is 1.21 bits per heavy atom. The summed E-state index contributed by atoms with van der Waals surface area (Å²) in [6, 6.07) is 6.33. The zero-order chi connectivity index (χ0) is 20.5. The molecule has 29 heavy (non-hydrogen) atoms. The Morgan fingerprint density at radius 3 is 2.72 bits per heavy atom. The Morgan fingerprint density at radius 2 is 1.97 bits per heavy atom. The topological polar surface area (TPSA) is 82.1 Å². The first-order chi connectivity index (χ1) is 14.0. The number of carbonyl (C=O) groups excluding carboxylic acids is 2. The standard InChI is InChI=1S/C22H26N2O5/c1-13-20(22(26)27-3)14(2)23-21(13)17(25)12-24-8-4-5-16(24)15-6-7-18-19(11-15)29-10-9-28-18/h6-7,11,16,23H,4-5,8-10,12H2,1-3H3/p+1/t16-/m0/s1. The fourth-order valence-corrected chi connectivity index (χ4v) is 4.53. The molecule has 1 fully saturated rings. The molecular formula is C22H27N2O5+. The van der Waals surface area contributed by atoms with Gasteiger partial charge >= 0.3 is 5.97 Å². The average molecular weight is 399 g/mol. The van der Waals surface area contributed by atoms with E-state index in [1.807, 2.05) is 12.1 Å². The van der Waals surface area contributed by atoms with E-state index in [2.05, 4.69) is 11.1 Å². The van der Waals surface area contributed by atoms with Gasteiger partial charge in [0.2, 0.25) is 5.78 Å². The quantitative estimate of drug-likeness (QED) is 0.592. The van der Waals surface area contributed by atoms with Crippen LogP contribution in [0.3, 0.4) is 0 Å². The molecule has 0 spiro atoms. The van der Waals surface area contributed by atoms with Crippen LogP contribution >= 0.6 is 0 Å². The Hall–Kier alpha value is -2.80. The third-order valence-electron chi connectivity index (χ3n) is 5.95. The van der Waals surface area contributed by atoms with Crippen LogP contribution in [0, 0.1) is 13.8 Å². The number of aryl methyl sites for hydroxylation is 1. The van der Waals surface area contributed by atoms with Crippen LogP contribution in [0.25, 0.3) is 0 Å². The van der Waals surface area contributed by atoms with Gasteiger partial charge in [0.15, 0.2) is 11.5 Å². The number of quaternary nitrogens is 1. The molecule has 4 rings (SSSR count). The molecule has 1 saturated heterocycles. The number of likely N-dealkylation sites (tertiary alicyclic amines) is 1. The van der Waals surface area contributed by atoms with Crippen molar-refractivity contribution in [3.05, 3.63) is 46.3 Å². The van der Waals surface area contributed by atoms with E-state index in [9.17, 15) is 9.59 Å². The van der Waals surface area contributed by atoms with Gasteiger partial charge in [-0.25, -0.2) is 4.79 Å². The van der Waals surface area contributed by atoms with Crippen molar-refractivity contribution >= 4 is 11.8 Å². The van der Waals surface area contributed by atoms with Crippen molar-refractivity contribution in [3.63, 3.8) is 0 Å². The Labute approximate surface area is 169 Å². The molecule has 0 amide bonds.